The molecule has 0 nitrogen and oxygen atoms in total. The third kappa shape index (κ3) is 3.29. The van der Waals surface area contributed by atoms with Crippen LogP contribution in [-0.4, -0.2) is 6.71 Å². The van der Waals surface area contributed by atoms with Crippen molar-refractivity contribution < 1.29 is 0 Å². The van der Waals surface area contributed by atoms with Crippen LogP contribution in [0.5, 0.6) is 0 Å². The van der Waals surface area contributed by atoms with Crippen LogP contribution in [0.15, 0.2) is 0 Å². The highest BCUT2D eigenvalue weighted by molar-refractivity contribution is 6.61. The maximum Gasteiger partial charge on any atom is 0.145 e. The molecule has 0 N–H and O–H groups in total. The Hall–Kier alpha value is 0.0649. The molecule has 0 atom stereocenters. The molecule has 0 fully saturated rings. The quantitative estimate of drug-likeness (QED) is 0.522. The summed E-state index contributed by atoms with van der Waals surface area (Å²) in [5, 5.41) is 0. The van der Waals surface area contributed by atoms with Crippen LogP contribution in [0.3, 0.4) is 0 Å². The summed E-state index contributed by atoms with van der Waals surface area (Å²) in [5.41, 5.74) is 0. The van der Waals surface area contributed by atoms with Crippen LogP contribution in [0.2, 0.25) is 18.0 Å². The van der Waals surface area contributed by atoms with Crippen molar-refractivity contribution in [3.05, 3.63) is 0 Å². The monoisotopic (exact) mass is 140 g/mol. The van der Waals surface area contributed by atoms with E-state index in [4.69, 9.17) is 0 Å². The third-order valence-electron chi connectivity index (χ3n) is 2.33. The van der Waals surface area contributed by atoms with Gasteiger partial charge in [0, 0.05) is 0 Å². The van der Waals surface area contributed by atoms with Crippen molar-refractivity contribution in [1.82, 2.24) is 0 Å². The lowest BCUT2D eigenvalue weighted by Crippen LogP contribution is -2.19. The smallest absolute Gasteiger partial charge is 0.0740 e. The highest BCUT2D eigenvalue weighted by Gasteiger charge is 2.19. The minimum atomic E-state index is 0.861. The molecule has 0 amide bonds. The van der Waals surface area contributed by atoms with E-state index in [9.17, 15) is 0 Å². The van der Waals surface area contributed by atoms with Gasteiger partial charge in [0.15, 0.2) is 0 Å². The van der Waals surface area contributed by atoms with Crippen LogP contribution < -0.4 is 0 Å². The molecule has 0 bridgehead atoms. The fourth-order valence-electron chi connectivity index (χ4n) is 1.77. The third-order valence-corrected chi connectivity index (χ3v) is 2.33. The van der Waals surface area contributed by atoms with E-state index >= 15 is 0 Å². The SMILES string of the molecule is CCCB(C(C)C)C(C)C. The van der Waals surface area contributed by atoms with Gasteiger partial charge in [0.2, 0.25) is 0 Å². The summed E-state index contributed by atoms with van der Waals surface area (Å²) in [5.74, 6) is 1.72. The maximum absolute atomic E-state index is 2.33. The van der Waals surface area contributed by atoms with E-state index in [1.807, 2.05) is 0 Å². The Labute approximate surface area is 66.5 Å². The highest BCUT2D eigenvalue weighted by atomic mass is 13.9. The molecule has 0 aromatic rings. The van der Waals surface area contributed by atoms with Crippen LogP contribution in [0, 0.1) is 0 Å². The van der Waals surface area contributed by atoms with E-state index in [-0.39, 0.29) is 0 Å². The molecule has 0 spiro atoms. The lowest BCUT2D eigenvalue weighted by atomic mass is 9.33. The van der Waals surface area contributed by atoms with Crippen molar-refractivity contribution in [1.29, 1.82) is 0 Å². The maximum atomic E-state index is 2.33. The predicted molar refractivity (Wildman–Crippen MR) is 51.0 cm³/mol. The normalized spacial score (nSPS) is 11.1. The number of rotatable bonds is 4. The fourth-order valence-corrected chi connectivity index (χ4v) is 1.77. The van der Waals surface area contributed by atoms with Crippen molar-refractivity contribution in [2.75, 3.05) is 0 Å². The van der Waals surface area contributed by atoms with E-state index in [0.29, 0.717) is 0 Å². The van der Waals surface area contributed by atoms with Gasteiger partial charge in [-0.3, -0.25) is 0 Å². The molecule has 0 unspecified atom stereocenters. The minimum Gasteiger partial charge on any atom is -0.0740 e. The summed E-state index contributed by atoms with van der Waals surface area (Å²) in [6.45, 7) is 12.5. The summed E-state index contributed by atoms with van der Waals surface area (Å²) >= 11 is 0. The predicted octanol–water partition coefficient (Wildman–Crippen LogP) is 3.71. The van der Waals surface area contributed by atoms with E-state index in [0.717, 1.165) is 18.3 Å². The summed E-state index contributed by atoms with van der Waals surface area (Å²) in [6.07, 6.45) is 2.73. The Morgan fingerprint density at radius 3 is 1.50 bits per heavy atom. The van der Waals surface area contributed by atoms with E-state index in [1.165, 1.54) is 12.7 Å². The highest BCUT2D eigenvalue weighted by Crippen LogP contribution is 2.24. The number of hydrogen-bond acceptors (Lipinski definition) is 0. The molecule has 0 saturated carbocycles. The van der Waals surface area contributed by atoms with Crippen molar-refractivity contribution in [2.45, 2.75) is 59.0 Å². The van der Waals surface area contributed by atoms with E-state index in [2.05, 4.69) is 34.6 Å². The van der Waals surface area contributed by atoms with Crippen LogP contribution >= 0.6 is 0 Å². The molecule has 0 aliphatic heterocycles. The van der Waals surface area contributed by atoms with Crippen LogP contribution in [0.1, 0.15) is 41.0 Å². The molecule has 10 heavy (non-hydrogen) atoms. The van der Waals surface area contributed by atoms with Gasteiger partial charge in [-0.15, -0.1) is 0 Å². The molecular weight excluding hydrogens is 119 g/mol. The van der Waals surface area contributed by atoms with Crippen molar-refractivity contribution >= 4 is 6.71 Å². The molecule has 0 aromatic carbocycles. The Balaban J connectivity index is 3.73. The second-order valence-corrected chi connectivity index (χ2v) is 3.94. The first-order chi connectivity index (χ1) is 4.59. The Kier molecular flexibility index (Phi) is 4.85. The fraction of sp³-hybridized carbons (Fsp3) is 1.00. The first-order valence-electron chi connectivity index (χ1n) is 4.59. The Morgan fingerprint density at radius 1 is 1.00 bits per heavy atom. The van der Waals surface area contributed by atoms with Crippen LogP contribution in [0.25, 0.3) is 0 Å². The molecule has 60 valence electrons. The van der Waals surface area contributed by atoms with E-state index in [1.54, 1.807) is 0 Å². The molecule has 0 heterocycles. The first kappa shape index (κ1) is 10.1. The van der Waals surface area contributed by atoms with Gasteiger partial charge in [0.25, 0.3) is 0 Å². The zero-order valence-corrected chi connectivity index (χ0v) is 8.15. The Bertz CT molecular complexity index is 68.8. The van der Waals surface area contributed by atoms with Crippen LogP contribution in [0.4, 0.5) is 0 Å². The summed E-state index contributed by atoms with van der Waals surface area (Å²) in [6, 6.07) is 0. The number of hydrogen-bond donors (Lipinski definition) is 0. The molecule has 1 heteroatoms. The lowest BCUT2D eigenvalue weighted by molar-refractivity contribution is 0.894. The summed E-state index contributed by atoms with van der Waals surface area (Å²) in [7, 11) is 0. The van der Waals surface area contributed by atoms with Crippen molar-refractivity contribution in [3.63, 3.8) is 0 Å². The average Bonchev–Trinajstić information content (AvgIpc) is 1.81. The molecule has 0 aliphatic rings. The van der Waals surface area contributed by atoms with Gasteiger partial charge in [-0.05, 0) is 0 Å². The van der Waals surface area contributed by atoms with Gasteiger partial charge < -0.3 is 0 Å². The molecule has 0 aliphatic carbocycles. The molecular formula is C9H21B. The van der Waals surface area contributed by atoms with Crippen LogP contribution in [-0.2, 0) is 0 Å². The summed E-state index contributed by atoms with van der Waals surface area (Å²) in [4.78, 5) is 0. The van der Waals surface area contributed by atoms with Gasteiger partial charge in [-0.1, -0.05) is 59.0 Å². The zero-order valence-electron chi connectivity index (χ0n) is 8.15. The van der Waals surface area contributed by atoms with Crippen molar-refractivity contribution in [2.24, 2.45) is 0 Å². The standard InChI is InChI=1S/C9H21B/c1-6-7-10(8(2)3)9(4)5/h8-9H,6-7H2,1-5H3. The van der Waals surface area contributed by atoms with Gasteiger partial charge in [-0.25, -0.2) is 0 Å². The van der Waals surface area contributed by atoms with E-state index < -0.39 is 0 Å². The molecule has 0 radical (unpaired) electrons. The molecule has 0 saturated heterocycles. The topological polar surface area (TPSA) is 0 Å². The average molecular weight is 140 g/mol. The molecule has 0 aromatic heterocycles. The Morgan fingerprint density at radius 2 is 1.40 bits per heavy atom. The summed E-state index contributed by atoms with van der Waals surface area (Å²) < 4.78 is 0. The van der Waals surface area contributed by atoms with Crippen molar-refractivity contribution in [3.8, 4) is 0 Å². The largest absolute Gasteiger partial charge is 0.145 e. The van der Waals surface area contributed by atoms with Gasteiger partial charge in [-0.2, -0.15) is 0 Å². The second-order valence-electron chi connectivity index (χ2n) is 3.94. The lowest BCUT2D eigenvalue weighted by Gasteiger charge is -2.19. The first-order valence-corrected chi connectivity index (χ1v) is 4.59. The minimum absolute atomic E-state index is 0.861. The van der Waals surface area contributed by atoms with Gasteiger partial charge in [0.1, 0.15) is 6.71 Å². The van der Waals surface area contributed by atoms with Gasteiger partial charge in [0.05, 0.1) is 0 Å². The zero-order chi connectivity index (χ0) is 8.15. The second kappa shape index (κ2) is 4.82. The van der Waals surface area contributed by atoms with Gasteiger partial charge >= 0.3 is 0 Å². The molecule has 0 rings (SSSR count).